The van der Waals surface area contributed by atoms with Crippen molar-refractivity contribution >= 4 is 23.5 Å². The van der Waals surface area contributed by atoms with Gasteiger partial charge in [-0.1, -0.05) is 0 Å². The second kappa shape index (κ2) is 7.90. The standard InChI is InChI=1S/C13H17N3O4/c1-9(17)16-10-3-5-11(6-4-10)20-13(19)8-15-12(18)7-14-2/h3-6,14H,7-8H2,1-2H3,(H,15,18)(H,16,17). The molecule has 2 amide bonds. The van der Waals surface area contributed by atoms with Crippen LogP contribution in [0.15, 0.2) is 24.3 Å². The van der Waals surface area contributed by atoms with Crippen molar-refractivity contribution in [3.8, 4) is 5.75 Å². The van der Waals surface area contributed by atoms with Crippen molar-refractivity contribution in [2.45, 2.75) is 6.92 Å². The maximum absolute atomic E-state index is 11.5. The number of esters is 1. The van der Waals surface area contributed by atoms with Gasteiger partial charge in [-0.05, 0) is 31.3 Å². The lowest BCUT2D eigenvalue weighted by Gasteiger charge is -2.07. The van der Waals surface area contributed by atoms with E-state index in [4.69, 9.17) is 4.74 Å². The molecule has 0 aliphatic heterocycles. The average Bonchev–Trinajstić information content (AvgIpc) is 2.38. The fourth-order valence-electron chi connectivity index (χ4n) is 1.37. The third-order valence-electron chi connectivity index (χ3n) is 2.17. The molecule has 0 bridgehead atoms. The van der Waals surface area contributed by atoms with Crippen molar-refractivity contribution in [1.82, 2.24) is 10.6 Å². The highest BCUT2D eigenvalue weighted by atomic mass is 16.5. The molecule has 0 saturated carbocycles. The van der Waals surface area contributed by atoms with E-state index in [-0.39, 0.29) is 24.9 Å². The Morgan fingerprint density at radius 2 is 1.75 bits per heavy atom. The van der Waals surface area contributed by atoms with Crippen molar-refractivity contribution in [2.75, 3.05) is 25.5 Å². The number of anilines is 1. The highest BCUT2D eigenvalue weighted by molar-refractivity contribution is 5.88. The summed E-state index contributed by atoms with van der Waals surface area (Å²) in [6.07, 6.45) is 0. The largest absolute Gasteiger partial charge is 0.425 e. The molecule has 0 saturated heterocycles. The molecule has 7 heteroatoms. The van der Waals surface area contributed by atoms with Crippen molar-refractivity contribution in [3.63, 3.8) is 0 Å². The van der Waals surface area contributed by atoms with E-state index in [9.17, 15) is 14.4 Å². The Labute approximate surface area is 116 Å². The molecule has 0 radical (unpaired) electrons. The van der Waals surface area contributed by atoms with Crippen LogP contribution >= 0.6 is 0 Å². The molecule has 0 heterocycles. The topological polar surface area (TPSA) is 96.5 Å². The van der Waals surface area contributed by atoms with Gasteiger partial charge in [0.25, 0.3) is 0 Å². The molecule has 0 unspecified atom stereocenters. The number of hydrogen-bond donors (Lipinski definition) is 3. The Kier molecular flexibility index (Phi) is 6.18. The normalized spacial score (nSPS) is 9.70. The Morgan fingerprint density at radius 3 is 2.30 bits per heavy atom. The van der Waals surface area contributed by atoms with Crippen LogP contribution in [0.3, 0.4) is 0 Å². The highest BCUT2D eigenvalue weighted by Crippen LogP contribution is 2.15. The van der Waals surface area contributed by atoms with Crippen LogP contribution in [0, 0.1) is 0 Å². The first-order valence-corrected chi connectivity index (χ1v) is 6.01. The molecule has 0 fully saturated rings. The molecule has 0 atom stereocenters. The molecule has 20 heavy (non-hydrogen) atoms. The minimum atomic E-state index is -0.568. The predicted molar refractivity (Wildman–Crippen MR) is 73.3 cm³/mol. The minimum Gasteiger partial charge on any atom is -0.425 e. The van der Waals surface area contributed by atoms with Crippen LogP contribution in [-0.4, -0.2) is 37.9 Å². The monoisotopic (exact) mass is 279 g/mol. The van der Waals surface area contributed by atoms with Gasteiger partial charge in [0, 0.05) is 12.6 Å². The summed E-state index contributed by atoms with van der Waals surface area (Å²) in [5.41, 5.74) is 0.611. The maximum Gasteiger partial charge on any atom is 0.330 e. The number of amides is 2. The molecule has 0 spiro atoms. The van der Waals surface area contributed by atoms with Gasteiger partial charge in [-0.15, -0.1) is 0 Å². The van der Waals surface area contributed by atoms with Crippen molar-refractivity contribution in [1.29, 1.82) is 0 Å². The second-order valence-electron chi connectivity index (χ2n) is 3.99. The minimum absolute atomic E-state index is 0.138. The summed E-state index contributed by atoms with van der Waals surface area (Å²) in [5.74, 6) is -0.693. The summed E-state index contributed by atoms with van der Waals surface area (Å²) in [6, 6.07) is 6.34. The average molecular weight is 279 g/mol. The van der Waals surface area contributed by atoms with E-state index in [2.05, 4.69) is 16.0 Å². The van der Waals surface area contributed by atoms with E-state index in [1.165, 1.54) is 6.92 Å². The Morgan fingerprint density at radius 1 is 1.10 bits per heavy atom. The van der Waals surface area contributed by atoms with Crippen molar-refractivity contribution in [3.05, 3.63) is 24.3 Å². The summed E-state index contributed by atoms with van der Waals surface area (Å²) in [7, 11) is 1.63. The predicted octanol–water partition coefficient (Wildman–Crippen LogP) is -0.114. The van der Waals surface area contributed by atoms with E-state index in [0.717, 1.165) is 0 Å². The van der Waals surface area contributed by atoms with Gasteiger partial charge < -0.3 is 20.7 Å². The van der Waals surface area contributed by atoms with Crippen LogP contribution < -0.4 is 20.7 Å². The molecule has 108 valence electrons. The first kappa shape index (κ1) is 15.6. The van der Waals surface area contributed by atoms with E-state index in [1.54, 1.807) is 31.3 Å². The van der Waals surface area contributed by atoms with Crippen LogP contribution in [0.4, 0.5) is 5.69 Å². The smallest absolute Gasteiger partial charge is 0.330 e. The Hall–Kier alpha value is -2.41. The molecule has 0 aliphatic carbocycles. The molecule has 1 aromatic rings. The van der Waals surface area contributed by atoms with Gasteiger partial charge in [0.15, 0.2) is 0 Å². The molecule has 1 rings (SSSR count). The van der Waals surface area contributed by atoms with Gasteiger partial charge in [0.2, 0.25) is 11.8 Å². The van der Waals surface area contributed by atoms with E-state index in [1.807, 2.05) is 0 Å². The number of nitrogens with one attached hydrogen (secondary N) is 3. The Balaban J connectivity index is 2.42. The molecular formula is C13H17N3O4. The zero-order valence-corrected chi connectivity index (χ0v) is 11.4. The van der Waals surface area contributed by atoms with Crippen LogP contribution in [-0.2, 0) is 14.4 Å². The molecule has 3 N–H and O–H groups in total. The first-order chi connectivity index (χ1) is 9.51. The van der Waals surface area contributed by atoms with E-state index in [0.29, 0.717) is 11.4 Å². The number of likely N-dealkylation sites (N-methyl/N-ethyl adjacent to an activating group) is 1. The number of carbonyl (C=O) groups is 3. The van der Waals surface area contributed by atoms with Crippen LogP contribution in [0.1, 0.15) is 6.92 Å². The van der Waals surface area contributed by atoms with Gasteiger partial charge in [0.05, 0.1) is 6.54 Å². The van der Waals surface area contributed by atoms with Crippen molar-refractivity contribution < 1.29 is 19.1 Å². The van der Waals surface area contributed by atoms with E-state index >= 15 is 0 Å². The highest BCUT2D eigenvalue weighted by Gasteiger charge is 2.07. The summed E-state index contributed by atoms with van der Waals surface area (Å²) in [6.45, 7) is 1.34. The Bertz CT molecular complexity index is 485. The first-order valence-electron chi connectivity index (χ1n) is 6.01. The lowest BCUT2D eigenvalue weighted by Crippen LogP contribution is -2.36. The third-order valence-corrected chi connectivity index (χ3v) is 2.17. The number of carbonyl (C=O) groups excluding carboxylic acids is 3. The number of benzene rings is 1. The summed E-state index contributed by atoms with van der Waals surface area (Å²) >= 11 is 0. The molecule has 0 aromatic heterocycles. The maximum atomic E-state index is 11.5. The molecule has 1 aromatic carbocycles. The van der Waals surface area contributed by atoms with Gasteiger partial charge in [0.1, 0.15) is 12.3 Å². The summed E-state index contributed by atoms with van der Waals surface area (Å²) < 4.78 is 5.02. The SMILES string of the molecule is CNCC(=O)NCC(=O)Oc1ccc(NC(C)=O)cc1. The van der Waals surface area contributed by atoms with Crippen LogP contribution in [0.2, 0.25) is 0 Å². The quantitative estimate of drug-likeness (QED) is 0.498. The summed E-state index contributed by atoms with van der Waals surface area (Å²) in [4.78, 5) is 33.4. The second-order valence-corrected chi connectivity index (χ2v) is 3.99. The van der Waals surface area contributed by atoms with Crippen LogP contribution in [0.5, 0.6) is 5.75 Å². The van der Waals surface area contributed by atoms with Gasteiger partial charge >= 0.3 is 5.97 Å². The fourth-order valence-corrected chi connectivity index (χ4v) is 1.37. The van der Waals surface area contributed by atoms with Crippen molar-refractivity contribution in [2.24, 2.45) is 0 Å². The number of rotatable bonds is 6. The van der Waals surface area contributed by atoms with Gasteiger partial charge in [-0.2, -0.15) is 0 Å². The zero-order chi connectivity index (χ0) is 15.0. The lowest BCUT2D eigenvalue weighted by atomic mass is 10.3. The van der Waals surface area contributed by atoms with E-state index < -0.39 is 5.97 Å². The fraction of sp³-hybridized carbons (Fsp3) is 0.308. The van der Waals surface area contributed by atoms with Gasteiger partial charge in [-0.25, -0.2) is 4.79 Å². The molecular weight excluding hydrogens is 262 g/mol. The zero-order valence-electron chi connectivity index (χ0n) is 11.4. The number of hydrogen-bond acceptors (Lipinski definition) is 5. The third kappa shape index (κ3) is 5.96. The molecule has 7 nitrogen and oxygen atoms in total. The lowest BCUT2D eigenvalue weighted by molar-refractivity contribution is -0.135. The van der Waals surface area contributed by atoms with Crippen LogP contribution in [0.25, 0.3) is 0 Å². The summed E-state index contributed by atoms with van der Waals surface area (Å²) in [5, 5.41) is 7.67. The molecule has 0 aliphatic rings. The number of ether oxygens (including phenoxy) is 1. The van der Waals surface area contributed by atoms with Gasteiger partial charge in [-0.3, -0.25) is 9.59 Å².